The molecule has 33 heavy (non-hydrogen) atoms. The Labute approximate surface area is 194 Å². The van der Waals surface area contributed by atoms with E-state index in [2.05, 4.69) is 10.0 Å². The lowest BCUT2D eigenvalue weighted by molar-refractivity contribution is -0.136. The number of anilines is 1. The van der Waals surface area contributed by atoms with Crippen LogP contribution < -0.4 is 10.0 Å². The van der Waals surface area contributed by atoms with Gasteiger partial charge in [-0.3, -0.25) is 14.3 Å². The van der Waals surface area contributed by atoms with Crippen molar-refractivity contribution >= 4 is 27.5 Å². The van der Waals surface area contributed by atoms with E-state index in [-0.39, 0.29) is 39.9 Å². The van der Waals surface area contributed by atoms with Gasteiger partial charge in [-0.2, -0.15) is 0 Å². The Bertz CT molecular complexity index is 1080. The van der Waals surface area contributed by atoms with Gasteiger partial charge < -0.3 is 10.2 Å². The van der Waals surface area contributed by atoms with Gasteiger partial charge in [-0.15, -0.1) is 0 Å². The highest BCUT2D eigenvalue weighted by Gasteiger charge is 2.27. The summed E-state index contributed by atoms with van der Waals surface area (Å²) in [7, 11) is -3.94. The van der Waals surface area contributed by atoms with Crippen molar-refractivity contribution in [2.24, 2.45) is 5.92 Å². The van der Waals surface area contributed by atoms with E-state index in [4.69, 9.17) is 0 Å². The third kappa shape index (κ3) is 6.31. The Morgan fingerprint density at radius 1 is 1.06 bits per heavy atom. The molecule has 1 fully saturated rings. The highest BCUT2D eigenvalue weighted by molar-refractivity contribution is 7.92. The van der Waals surface area contributed by atoms with Crippen molar-refractivity contribution in [2.45, 2.75) is 50.5 Å². The number of amides is 2. The molecular formula is C24H30FN3O4S. The van der Waals surface area contributed by atoms with Gasteiger partial charge in [-0.05, 0) is 68.1 Å². The summed E-state index contributed by atoms with van der Waals surface area (Å²) in [4.78, 5) is 27.1. The van der Waals surface area contributed by atoms with Crippen LogP contribution in [0.15, 0.2) is 53.4 Å². The maximum absolute atomic E-state index is 13.1. The standard InChI is InChI=1S/C24H30FN3O4S/c1-3-17(4-2)24(30)28-14-12-20(13-15-28)26-23(29)18-6-5-7-22(16-18)33(31,32)27-21-10-8-19(25)9-11-21/h5-11,16-17,20,27H,3-4,12-15H2,1-2H3,(H,26,29). The Morgan fingerprint density at radius 2 is 1.70 bits per heavy atom. The Balaban J connectivity index is 1.61. The van der Waals surface area contributed by atoms with Crippen molar-refractivity contribution in [3.05, 3.63) is 59.9 Å². The van der Waals surface area contributed by atoms with Gasteiger partial charge in [0.25, 0.3) is 15.9 Å². The smallest absolute Gasteiger partial charge is 0.261 e. The summed E-state index contributed by atoms with van der Waals surface area (Å²) in [5.41, 5.74) is 0.452. The lowest BCUT2D eigenvalue weighted by Gasteiger charge is -2.34. The molecule has 3 rings (SSSR count). The van der Waals surface area contributed by atoms with Crippen molar-refractivity contribution < 1.29 is 22.4 Å². The van der Waals surface area contributed by atoms with Crippen LogP contribution in [0.1, 0.15) is 49.9 Å². The zero-order valence-corrected chi connectivity index (χ0v) is 19.7. The molecule has 1 heterocycles. The van der Waals surface area contributed by atoms with Crippen LogP contribution in [-0.2, 0) is 14.8 Å². The van der Waals surface area contributed by atoms with E-state index in [1.165, 1.54) is 30.3 Å². The van der Waals surface area contributed by atoms with Gasteiger partial charge in [0.2, 0.25) is 5.91 Å². The van der Waals surface area contributed by atoms with Gasteiger partial charge >= 0.3 is 0 Å². The van der Waals surface area contributed by atoms with Gasteiger partial charge in [-0.1, -0.05) is 19.9 Å². The molecule has 2 aromatic rings. The summed E-state index contributed by atoms with van der Waals surface area (Å²) >= 11 is 0. The predicted molar refractivity (Wildman–Crippen MR) is 125 cm³/mol. The number of likely N-dealkylation sites (tertiary alicyclic amines) is 1. The first-order chi connectivity index (χ1) is 15.7. The van der Waals surface area contributed by atoms with Crippen LogP contribution in [0.5, 0.6) is 0 Å². The van der Waals surface area contributed by atoms with Gasteiger partial charge in [0, 0.05) is 36.3 Å². The first-order valence-corrected chi connectivity index (χ1v) is 12.7. The summed E-state index contributed by atoms with van der Waals surface area (Å²) < 4.78 is 40.8. The van der Waals surface area contributed by atoms with Crippen molar-refractivity contribution in [3.8, 4) is 0 Å². The monoisotopic (exact) mass is 475 g/mol. The molecule has 1 aliphatic rings. The van der Waals surface area contributed by atoms with Crippen molar-refractivity contribution in [2.75, 3.05) is 17.8 Å². The van der Waals surface area contributed by atoms with Crippen LogP contribution in [0.4, 0.5) is 10.1 Å². The number of rotatable bonds is 8. The average Bonchev–Trinajstić information content (AvgIpc) is 2.81. The second-order valence-electron chi connectivity index (χ2n) is 8.23. The molecule has 0 radical (unpaired) electrons. The zero-order chi connectivity index (χ0) is 24.0. The van der Waals surface area contributed by atoms with E-state index in [0.717, 1.165) is 25.0 Å². The number of hydrogen-bond donors (Lipinski definition) is 2. The highest BCUT2D eigenvalue weighted by atomic mass is 32.2. The summed E-state index contributed by atoms with van der Waals surface area (Å²) in [6, 6.07) is 10.6. The van der Waals surface area contributed by atoms with E-state index < -0.39 is 15.8 Å². The summed E-state index contributed by atoms with van der Waals surface area (Å²) in [5, 5.41) is 2.95. The quantitative estimate of drug-likeness (QED) is 0.607. The van der Waals surface area contributed by atoms with E-state index in [0.29, 0.717) is 25.9 Å². The summed E-state index contributed by atoms with van der Waals surface area (Å²) in [5.74, 6) is -0.610. The number of carbonyl (C=O) groups excluding carboxylic acids is 2. The number of nitrogens with zero attached hydrogens (tertiary/aromatic N) is 1. The molecular weight excluding hydrogens is 445 g/mol. The summed E-state index contributed by atoms with van der Waals surface area (Å²) in [6.07, 6.45) is 2.95. The minimum atomic E-state index is -3.94. The SMILES string of the molecule is CCC(CC)C(=O)N1CCC(NC(=O)c2cccc(S(=O)(=O)Nc3ccc(F)cc3)c2)CC1. The minimum Gasteiger partial charge on any atom is -0.349 e. The Hall–Kier alpha value is -2.94. The number of carbonyl (C=O) groups is 2. The normalized spacial score (nSPS) is 14.8. The molecule has 1 saturated heterocycles. The minimum absolute atomic E-state index is 0.0457. The highest BCUT2D eigenvalue weighted by Crippen LogP contribution is 2.20. The molecule has 1 aliphatic heterocycles. The molecule has 0 spiro atoms. The number of benzene rings is 2. The molecule has 0 aliphatic carbocycles. The molecule has 7 nitrogen and oxygen atoms in total. The van der Waals surface area contributed by atoms with Crippen LogP contribution in [0.3, 0.4) is 0 Å². The van der Waals surface area contributed by atoms with E-state index in [1.807, 2.05) is 18.7 Å². The predicted octanol–water partition coefficient (Wildman–Crippen LogP) is 3.78. The molecule has 0 atom stereocenters. The topological polar surface area (TPSA) is 95.6 Å². The lowest BCUT2D eigenvalue weighted by atomic mass is 9.98. The van der Waals surface area contributed by atoms with E-state index >= 15 is 0 Å². The fourth-order valence-electron chi connectivity index (χ4n) is 3.95. The molecule has 0 bridgehead atoms. The third-order valence-electron chi connectivity index (χ3n) is 5.98. The van der Waals surface area contributed by atoms with Gasteiger partial charge in [0.15, 0.2) is 0 Å². The number of hydrogen-bond acceptors (Lipinski definition) is 4. The largest absolute Gasteiger partial charge is 0.349 e. The number of sulfonamides is 1. The third-order valence-corrected chi connectivity index (χ3v) is 7.36. The van der Waals surface area contributed by atoms with Crippen LogP contribution in [0.2, 0.25) is 0 Å². The Morgan fingerprint density at radius 3 is 2.30 bits per heavy atom. The molecule has 9 heteroatoms. The van der Waals surface area contributed by atoms with Crippen LogP contribution in [0.25, 0.3) is 0 Å². The van der Waals surface area contributed by atoms with Crippen LogP contribution in [0, 0.1) is 11.7 Å². The number of halogens is 1. The summed E-state index contributed by atoms with van der Waals surface area (Å²) in [6.45, 7) is 5.22. The maximum Gasteiger partial charge on any atom is 0.261 e. The number of piperidine rings is 1. The van der Waals surface area contributed by atoms with Crippen LogP contribution in [-0.4, -0.2) is 44.3 Å². The second kappa shape index (κ2) is 10.8. The molecule has 178 valence electrons. The molecule has 0 unspecified atom stereocenters. The average molecular weight is 476 g/mol. The van der Waals surface area contributed by atoms with E-state index in [1.54, 1.807) is 6.07 Å². The first kappa shape index (κ1) is 24.7. The number of nitrogens with one attached hydrogen (secondary N) is 2. The molecule has 2 aromatic carbocycles. The first-order valence-electron chi connectivity index (χ1n) is 11.2. The van der Waals surface area contributed by atoms with Crippen molar-refractivity contribution in [1.82, 2.24) is 10.2 Å². The second-order valence-corrected chi connectivity index (χ2v) is 9.91. The van der Waals surface area contributed by atoms with E-state index in [9.17, 15) is 22.4 Å². The van der Waals surface area contributed by atoms with Crippen molar-refractivity contribution in [1.29, 1.82) is 0 Å². The van der Waals surface area contributed by atoms with Gasteiger partial charge in [-0.25, -0.2) is 12.8 Å². The van der Waals surface area contributed by atoms with Gasteiger partial charge in [0.1, 0.15) is 5.82 Å². The Kier molecular flexibility index (Phi) is 8.07. The molecule has 0 saturated carbocycles. The molecule has 2 amide bonds. The van der Waals surface area contributed by atoms with Crippen molar-refractivity contribution in [3.63, 3.8) is 0 Å². The lowest BCUT2D eigenvalue weighted by Crippen LogP contribution is -2.48. The van der Waals surface area contributed by atoms with Gasteiger partial charge in [0.05, 0.1) is 4.90 Å². The fourth-order valence-corrected chi connectivity index (χ4v) is 5.05. The maximum atomic E-state index is 13.1. The zero-order valence-electron chi connectivity index (χ0n) is 18.9. The molecule has 2 N–H and O–H groups in total. The van der Waals surface area contributed by atoms with Crippen LogP contribution >= 0.6 is 0 Å². The molecule has 0 aromatic heterocycles. The fraction of sp³-hybridized carbons (Fsp3) is 0.417.